The quantitative estimate of drug-likeness (QED) is 0.689. The zero-order valence-electron chi connectivity index (χ0n) is 9.51. The van der Waals surface area contributed by atoms with E-state index < -0.39 is 45.2 Å². The Morgan fingerprint density at radius 3 is 2.53 bits per heavy atom. The van der Waals surface area contributed by atoms with Crippen molar-refractivity contribution in [1.82, 2.24) is 4.72 Å². The topological polar surface area (TPSA) is 104 Å². The number of hydrogen-bond donors (Lipinski definition) is 3. The minimum absolute atomic E-state index is 0.378. The van der Waals surface area contributed by atoms with Crippen LogP contribution in [0.25, 0.3) is 0 Å². The van der Waals surface area contributed by atoms with Gasteiger partial charge in [0.25, 0.3) is 0 Å². The zero-order valence-corrected chi connectivity index (χ0v) is 10.3. The van der Waals surface area contributed by atoms with E-state index in [0.29, 0.717) is 6.07 Å². The number of carboxylic acids is 1. The summed E-state index contributed by atoms with van der Waals surface area (Å²) in [6.07, 6.45) is -2.10. The van der Waals surface area contributed by atoms with E-state index in [9.17, 15) is 22.0 Å². The second-order valence-electron chi connectivity index (χ2n) is 3.62. The minimum atomic E-state index is -4.22. The van der Waals surface area contributed by atoms with Gasteiger partial charge in [0.05, 0.1) is 0 Å². The summed E-state index contributed by atoms with van der Waals surface area (Å²) in [6.45, 7) is -0.396. The summed E-state index contributed by atoms with van der Waals surface area (Å²) >= 11 is 0. The predicted molar refractivity (Wildman–Crippen MR) is 59.8 cm³/mol. The molecule has 0 spiro atoms. The van der Waals surface area contributed by atoms with Crippen molar-refractivity contribution in [2.75, 3.05) is 6.54 Å². The number of nitrogens with one attached hydrogen (secondary N) is 1. The number of sulfonamides is 1. The summed E-state index contributed by atoms with van der Waals surface area (Å²) < 4.78 is 51.0. The SMILES string of the molecule is O=C(O)[C@@H](O)CCNS(=O)(=O)c1ccc(F)cc1F. The van der Waals surface area contributed by atoms with Gasteiger partial charge in [-0.05, 0) is 18.6 Å². The van der Waals surface area contributed by atoms with Crippen LogP contribution in [0.3, 0.4) is 0 Å². The Kier molecular flexibility index (Phi) is 4.92. The molecule has 0 aromatic heterocycles. The van der Waals surface area contributed by atoms with Gasteiger partial charge in [-0.25, -0.2) is 26.7 Å². The lowest BCUT2D eigenvalue weighted by Crippen LogP contribution is -2.30. The number of benzene rings is 1. The van der Waals surface area contributed by atoms with Crippen molar-refractivity contribution >= 4 is 16.0 Å². The third-order valence-electron chi connectivity index (χ3n) is 2.18. The van der Waals surface area contributed by atoms with Crippen LogP contribution in [0.1, 0.15) is 6.42 Å². The first-order valence-electron chi connectivity index (χ1n) is 5.09. The number of aliphatic hydroxyl groups is 1. The van der Waals surface area contributed by atoms with Crippen LogP contribution in [0.2, 0.25) is 0 Å². The monoisotopic (exact) mass is 295 g/mol. The lowest BCUT2D eigenvalue weighted by atomic mass is 10.3. The molecule has 0 aliphatic rings. The predicted octanol–water partition coefficient (Wildman–Crippen LogP) is 0.0787. The molecule has 0 radical (unpaired) electrons. The average Bonchev–Trinajstić information content (AvgIpc) is 2.27. The fourth-order valence-corrected chi connectivity index (χ4v) is 2.33. The summed E-state index contributed by atoms with van der Waals surface area (Å²) in [4.78, 5) is 9.54. The van der Waals surface area contributed by atoms with E-state index in [-0.39, 0.29) is 6.42 Å². The summed E-state index contributed by atoms with van der Waals surface area (Å²) in [5, 5.41) is 17.3. The number of aliphatic carboxylic acids is 1. The Morgan fingerprint density at radius 1 is 1.37 bits per heavy atom. The van der Waals surface area contributed by atoms with Crippen LogP contribution in [0.5, 0.6) is 0 Å². The highest BCUT2D eigenvalue weighted by molar-refractivity contribution is 7.89. The van der Waals surface area contributed by atoms with Crippen molar-refractivity contribution in [3.05, 3.63) is 29.8 Å². The molecule has 0 aliphatic heterocycles. The van der Waals surface area contributed by atoms with Crippen molar-refractivity contribution in [3.8, 4) is 0 Å². The smallest absolute Gasteiger partial charge is 0.332 e. The number of halogens is 2. The second kappa shape index (κ2) is 6.04. The van der Waals surface area contributed by atoms with Crippen molar-refractivity contribution in [1.29, 1.82) is 0 Å². The lowest BCUT2D eigenvalue weighted by molar-refractivity contribution is -0.146. The van der Waals surface area contributed by atoms with E-state index in [1.54, 1.807) is 0 Å². The molecule has 0 amide bonds. The number of carbonyl (C=O) groups is 1. The molecule has 0 saturated carbocycles. The largest absolute Gasteiger partial charge is 0.479 e. The van der Waals surface area contributed by atoms with Gasteiger partial charge in [0, 0.05) is 12.6 Å². The number of carboxylic acid groups (broad SMARTS) is 1. The second-order valence-corrected chi connectivity index (χ2v) is 5.35. The van der Waals surface area contributed by atoms with Gasteiger partial charge in [-0.1, -0.05) is 0 Å². The van der Waals surface area contributed by atoms with Gasteiger partial charge in [-0.3, -0.25) is 0 Å². The van der Waals surface area contributed by atoms with Crippen molar-refractivity contribution in [2.45, 2.75) is 17.4 Å². The molecule has 0 aliphatic carbocycles. The van der Waals surface area contributed by atoms with E-state index in [4.69, 9.17) is 10.2 Å². The zero-order chi connectivity index (χ0) is 14.6. The standard InChI is InChI=1S/C10H11F2NO5S/c11-6-1-2-9(7(12)5-6)19(17,18)13-4-3-8(14)10(15)16/h1-2,5,8,13-14H,3-4H2,(H,15,16)/t8-/m0/s1. The van der Waals surface area contributed by atoms with Crippen molar-refractivity contribution in [2.24, 2.45) is 0 Å². The Bertz CT molecular complexity index is 575. The maximum Gasteiger partial charge on any atom is 0.332 e. The van der Waals surface area contributed by atoms with Crippen LogP contribution >= 0.6 is 0 Å². The molecule has 0 unspecified atom stereocenters. The first-order valence-corrected chi connectivity index (χ1v) is 6.58. The molecule has 19 heavy (non-hydrogen) atoms. The van der Waals surface area contributed by atoms with Crippen LogP contribution in [0.4, 0.5) is 8.78 Å². The van der Waals surface area contributed by atoms with Gasteiger partial charge in [0.1, 0.15) is 16.5 Å². The molecule has 0 saturated heterocycles. The molecular formula is C10H11F2NO5S. The van der Waals surface area contributed by atoms with Gasteiger partial charge >= 0.3 is 5.97 Å². The first-order chi connectivity index (χ1) is 8.74. The van der Waals surface area contributed by atoms with Gasteiger partial charge in [-0.2, -0.15) is 0 Å². The lowest BCUT2D eigenvalue weighted by Gasteiger charge is -2.09. The molecule has 106 valence electrons. The summed E-state index contributed by atoms with van der Waals surface area (Å²) in [5.41, 5.74) is 0. The van der Waals surface area contributed by atoms with E-state index in [1.165, 1.54) is 0 Å². The molecule has 6 nitrogen and oxygen atoms in total. The third-order valence-corrected chi connectivity index (χ3v) is 3.67. The van der Waals surface area contributed by atoms with E-state index >= 15 is 0 Å². The molecule has 1 atom stereocenters. The van der Waals surface area contributed by atoms with E-state index in [2.05, 4.69) is 0 Å². The Morgan fingerprint density at radius 2 is 2.00 bits per heavy atom. The Balaban J connectivity index is 2.74. The van der Waals surface area contributed by atoms with Gasteiger partial charge in [-0.15, -0.1) is 0 Å². The Hall–Kier alpha value is -1.58. The fourth-order valence-electron chi connectivity index (χ4n) is 1.22. The van der Waals surface area contributed by atoms with Crippen molar-refractivity contribution < 1.29 is 32.2 Å². The first kappa shape index (κ1) is 15.5. The summed E-state index contributed by atoms with van der Waals surface area (Å²) in [6, 6.07) is 1.95. The maximum absolute atomic E-state index is 13.3. The van der Waals surface area contributed by atoms with Gasteiger partial charge in [0.15, 0.2) is 6.10 Å². The molecule has 1 rings (SSSR count). The highest BCUT2D eigenvalue weighted by atomic mass is 32.2. The van der Waals surface area contributed by atoms with Crippen LogP contribution in [-0.2, 0) is 14.8 Å². The van der Waals surface area contributed by atoms with Crippen LogP contribution in [0, 0.1) is 11.6 Å². The molecule has 9 heteroatoms. The van der Waals surface area contributed by atoms with Crippen LogP contribution in [-0.4, -0.2) is 37.2 Å². The number of rotatable bonds is 6. The molecular weight excluding hydrogens is 284 g/mol. The number of hydrogen-bond acceptors (Lipinski definition) is 4. The molecule has 3 N–H and O–H groups in total. The summed E-state index contributed by atoms with van der Waals surface area (Å²) in [7, 11) is -4.22. The van der Waals surface area contributed by atoms with Crippen LogP contribution < -0.4 is 4.72 Å². The van der Waals surface area contributed by atoms with E-state index in [1.807, 2.05) is 4.72 Å². The average molecular weight is 295 g/mol. The Labute approximate surface area is 107 Å². The van der Waals surface area contributed by atoms with Crippen LogP contribution in [0.15, 0.2) is 23.1 Å². The van der Waals surface area contributed by atoms with Gasteiger partial charge < -0.3 is 10.2 Å². The summed E-state index contributed by atoms with van der Waals surface area (Å²) in [5.74, 6) is -3.67. The molecule has 0 heterocycles. The van der Waals surface area contributed by atoms with E-state index in [0.717, 1.165) is 12.1 Å². The fraction of sp³-hybridized carbons (Fsp3) is 0.300. The molecule has 1 aromatic carbocycles. The highest BCUT2D eigenvalue weighted by Crippen LogP contribution is 2.15. The number of aliphatic hydroxyl groups excluding tert-OH is 1. The molecule has 0 bridgehead atoms. The van der Waals surface area contributed by atoms with Crippen molar-refractivity contribution in [3.63, 3.8) is 0 Å². The highest BCUT2D eigenvalue weighted by Gasteiger charge is 2.20. The maximum atomic E-state index is 13.3. The van der Waals surface area contributed by atoms with Gasteiger partial charge in [0.2, 0.25) is 10.0 Å². The molecule has 1 aromatic rings. The minimum Gasteiger partial charge on any atom is -0.479 e. The normalized spacial score (nSPS) is 13.2. The third kappa shape index (κ3) is 4.23. The molecule has 0 fully saturated rings.